The lowest BCUT2D eigenvalue weighted by Gasteiger charge is -2.26. The largest absolute Gasteiger partial charge is 0.311 e. The van der Waals surface area contributed by atoms with E-state index in [1.54, 1.807) is 0 Å². The van der Waals surface area contributed by atoms with Crippen molar-refractivity contribution in [1.82, 2.24) is 4.57 Å². The van der Waals surface area contributed by atoms with Crippen LogP contribution in [-0.4, -0.2) is 4.57 Å². The number of aromatic nitrogens is 1. The summed E-state index contributed by atoms with van der Waals surface area (Å²) in [6, 6.07) is 74.3. The topological polar surface area (TPSA) is 8.17 Å². The Bertz CT molecular complexity index is 2840. The maximum atomic E-state index is 2.43. The van der Waals surface area contributed by atoms with Crippen LogP contribution in [0.2, 0.25) is 0 Å². The summed E-state index contributed by atoms with van der Waals surface area (Å²) in [7, 11) is 0. The van der Waals surface area contributed by atoms with Gasteiger partial charge in [-0.3, -0.25) is 0 Å². The second-order valence-electron chi connectivity index (χ2n) is 13.4. The molecule has 250 valence electrons. The van der Waals surface area contributed by atoms with Crippen molar-refractivity contribution in [3.05, 3.63) is 206 Å². The lowest BCUT2D eigenvalue weighted by atomic mass is 9.99. The second kappa shape index (κ2) is 13.1. The summed E-state index contributed by atoms with van der Waals surface area (Å²) in [4.78, 5) is 2.32. The minimum absolute atomic E-state index is 1.12. The van der Waals surface area contributed by atoms with Gasteiger partial charge in [-0.15, -0.1) is 11.3 Å². The predicted octanol–water partition coefficient (Wildman–Crippen LogP) is 14.5. The summed E-state index contributed by atoms with van der Waals surface area (Å²) in [5, 5.41) is 2.59. The van der Waals surface area contributed by atoms with E-state index < -0.39 is 0 Å². The van der Waals surface area contributed by atoms with Crippen LogP contribution in [0.5, 0.6) is 0 Å². The minimum atomic E-state index is 1.12. The highest BCUT2D eigenvalue weighted by molar-refractivity contribution is 7.26. The SMILES string of the molecule is c1ccc(-c2ccc(N(c3ccccc3)c3ccc(-c4ccc(-c5ccc6c(c5)c5sc7ccccc7c5n6-c5ccccc5)cc4)cc3)cc2)cc1. The van der Waals surface area contributed by atoms with Gasteiger partial charge in [0.25, 0.3) is 0 Å². The van der Waals surface area contributed by atoms with Gasteiger partial charge in [0.2, 0.25) is 0 Å². The maximum Gasteiger partial charge on any atom is 0.0727 e. The number of nitrogens with zero attached hydrogens (tertiary/aromatic N) is 2. The molecule has 0 saturated heterocycles. The maximum absolute atomic E-state index is 2.43. The summed E-state index contributed by atoms with van der Waals surface area (Å²) in [6.45, 7) is 0. The molecule has 0 aliphatic carbocycles. The molecule has 2 aromatic heterocycles. The smallest absolute Gasteiger partial charge is 0.0727 e. The third-order valence-electron chi connectivity index (χ3n) is 10.2. The van der Waals surface area contributed by atoms with E-state index in [-0.39, 0.29) is 0 Å². The van der Waals surface area contributed by atoms with Crippen molar-refractivity contribution < 1.29 is 0 Å². The zero-order valence-corrected chi connectivity index (χ0v) is 29.7. The summed E-state index contributed by atoms with van der Waals surface area (Å²) in [6.07, 6.45) is 0. The fraction of sp³-hybridized carbons (Fsp3) is 0. The number of rotatable bonds is 7. The molecule has 0 aliphatic heterocycles. The Morgan fingerprint density at radius 2 is 0.811 bits per heavy atom. The Hall–Kier alpha value is -6.68. The summed E-state index contributed by atoms with van der Waals surface area (Å²) in [5.74, 6) is 0. The Labute approximate surface area is 313 Å². The van der Waals surface area contributed by atoms with Crippen molar-refractivity contribution in [1.29, 1.82) is 0 Å². The molecule has 0 saturated carbocycles. The summed E-state index contributed by atoms with van der Waals surface area (Å²) < 4.78 is 5.08. The van der Waals surface area contributed by atoms with Crippen molar-refractivity contribution in [3.8, 4) is 39.1 Å². The van der Waals surface area contributed by atoms with Crippen molar-refractivity contribution >= 4 is 59.6 Å². The number of fused-ring (bicyclic) bond motifs is 5. The summed E-state index contributed by atoms with van der Waals surface area (Å²) >= 11 is 1.89. The van der Waals surface area contributed by atoms with E-state index in [1.165, 1.54) is 70.3 Å². The highest BCUT2D eigenvalue weighted by Crippen LogP contribution is 2.43. The molecule has 0 bridgehead atoms. The van der Waals surface area contributed by atoms with Crippen LogP contribution in [0.15, 0.2) is 206 Å². The number of hydrogen-bond donors (Lipinski definition) is 0. The number of para-hydroxylation sites is 2. The van der Waals surface area contributed by atoms with Gasteiger partial charge in [0.1, 0.15) is 0 Å². The third-order valence-corrected chi connectivity index (χ3v) is 11.4. The average molecular weight is 695 g/mol. The monoisotopic (exact) mass is 694 g/mol. The van der Waals surface area contributed by atoms with Crippen LogP contribution >= 0.6 is 11.3 Å². The zero-order chi connectivity index (χ0) is 35.1. The van der Waals surface area contributed by atoms with Gasteiger partial charge in [-0.1, -0.05) is 140 Å². The van der Waals surface area contributed by atoms with E-state index in [0.717, 1.165) is 17.1 Å². The highest BCUT2D eigenvalue weighted by Gasteiger charge is 2.18. The first-order valence-electron chi connectivity index (χ1n) is 18.0. The van der Waals surface area contributed by atoms with Gasteiger partial charge < -0.3 is 9.47 Å². The first-order valence-corrected chi connectivity index (χ1v) is 18.8. The van der Waals surface area contributed by atoms with Crippen LogP contribution in [0.25, 0.3) is 70.3 Å². The molecule has 3 heteroatoms. The number of thiophene rings is 1. The van der Waals surface area contributed by atoms with Crippen molar-refractivity contribution in [3.63, 3.8) is 0 Å². The lowest BCUT2D eigenvalue weighted by Crippen LogP contribution is -2.09. The lowest BCUT2D eigenvalue weighted by molar-refractivity contribution is 1.19. The van der Waals surface area contributed by atoms with E-state index >= 15 is 0 Å². The van der Waals surface area contributed by atoms with Crippen LogP contribution in [0.3, 0.4) is 0 Å². The van der Waals surface area contributed by atoms with Gasteiger partial charge in [-0.25, -0.2) is 0 Å². The number of hydrogen-bond acceptors (Lipinski definition) is 2. The molecule has 0 unspecified atom stereocenters. The molecule has 0 N–H and O–H groups in total. The molecular weight excluding hydrogens is 661 g/mol. The van der Waals surface area contributed by atoms with Crippen LogP contribution in [0.1, 0.15) is 0 Å². The Morgan fingerprint density at radius 3 is 1.43 bits per heavy atom. The number of benzene rings is 8. The van der Waals surface area contributed by atoms with Crippen LogP contribution in [0.4, 0.5) is 17.1 Å². The van der Waals surface area contributed by atoms with Crippen molar-refractivity contribution in [2.24, 2.45) is 0 Å². The van der Waals surface area contributed by atoms with E-state index in [4.69, 9.17) is 0 Å². The van der Waals surface area contributed by atoms with Gasteiger partial charge in [-0.05, 0) is 100 Å². The van der Waals surface area contributed by atoms with Gasteiger partial charge in [-0.2, -0.15) is 0 Å². The van der Waals surface area contributed by atoms with E-state index in [2.05, 4.69) is 216 Å². The molecule has 0 atom stereocenters. The Balaban J connectivity index is 0.971. The fourth-order valence-electron chi connectivity index (χ4n) is 7.61. The standard InChI is InChI=1S/C50H34N2S/c1-4-12-35(13-5-1)37-24-29-43(30-25-37)51(41-14-6-2-7-15-41)44-31-26-38(27-32-44)36-20-22-39(23-21-36)40-28-33-47-46(34-40)50-49(45-18-10-11-19-48(45)53-50)52(47)42-16-8-3-9-17-42/h1-34H. The van der Waals surface area contributed by atoms with Crippen molar-refractivity contribution in [2.75, 3.05) is 4.90 Å². The molecule has 0 radical (unpaired) electrons. The van der Waals surface area contributed by atoms with Crippen molar-refractivity contribution in [2.45, 2.75) is 0 Å². The Morgan fingerprint density at radius 1 is 0.358 bits per heavy atom. The average Bonchev–Trinajstić information content (AvgIpc) is 3.77. The molecular formula is C50H34N2S. The minimum Gasteiger partial charge on any atom is -0.311 e. The van der Waals surface area contributed by atoms with Crippen LogP contribution in [-0.2, 0) is 0 Å². The van der Waals surface area contributed by atoms with Crippen LogP contribution < -0.4 is 4.90 Å². The Kier molecular flexibility index (Phi) is 7.71. The number of anilines is 3. The molecule has 0 fully saturated rings. The quantitative estimate of drug-likeness (QED) is 0.161. The second-order valence-corrected chi connectivity index (χ2v) is 14.4. The van der Waals surface area contributed by atoms with Gasteiger partial charge in [0, 0.05) is 38.2 Å². The van der Waals surface area contributed by atoms with Gasteiger partial charge in [0.15, 0.2) is 0 Å². The van der Waals surface area contributed by atoms with Gasteiger partial charge >= 0.3 is 0 Å². The molecule has 8 aromatic carbocycles. The van der Waals surface area contributed by atoms with E-state index in [9.17, 15) is 0 Å². The molecule has 10 aromatic rings. The molecule has 0 spiro atoms. The fourth-order valence-corrected chi connectivity index (χ4v) is 8.82. The summed E-state index contributed by atoms with van der Waals surface area (Å²) in [5.41, 5.74) is 14.3. The zero-order valence-electron chi connectivity index (χ0n) is 28.9. The molecule has 53 heavy (non-hydrogen) atoms. The first-order chi connectivity index (χ1) is 26.3. The molecule has 2 nitrogen and oxygen atoms in total. The van der Waals surface area contributed by atoms with Gasteiger partial charge in [0.05, 0.1) is 15.7 Å². The molecule has 10 rings (SSSR count). The van der Waals surface area contributed by atoms with Crippen LogP contribution in [0, 0.1) is 0 Å². The van der Waals surface area contributed by atoms with E-state index in [1.807, 2.05) is 11.3 Å². The normalized spacial score (nSPS) is 11.4. The predicted molar refractivity (Wildman–Crippen MR) is 227 cm³/mol. The van der Waals surface area contributed by atoms with E-state index in [0.29, 0.717) is 0 Å². The third kappa shape index (κ3) is 5.59. The molecule has 0 aliphatic rings. The highest BCUT2D eigenvalue weighted by atomic mass is 32.1. The molecule has 0 amide bonds. The molecule has 2 heterocycles. The first kappa shape index (κ1) is 31.1.